The van der Waals surface area contributed by atoms with E-state index in [-0.39, 0.29) is 23.0 Å². The Morgan fingerprint density at radius 2 is 0.757 bits per heavy atom. The van der Waals surface area contributed by atoms with Gasteiger partial charge in [0.25, 0.3) is 0 Å². The summed E-state index contributed by atoms with van der Waals surface area (Å²) in [5, 5.41) is -1.49. The summed E-state index contributed by atoms with van der Waals surface area (Å²) in [4.78, 5) is 0. The van der Waals surface area contributed by atoms with Crippen molar-refractivity contribution in [2.75, 3.05) is 11.5 Å². The predicted octanol–water partition coefficient (Wildman–Crippen LogP) is 6.43. The smallest absolute Gasteiger partial charge is 0.162 e. The molecule has 0 fully saturated rings. The second-order valence-corrected chi connectivity index (χ2v) is 14.4. The maximum atomic E-state index is 13.6. The van der Waals surface area contributed by atoms with Crippen molar-refractivity contribution in [3.63, 3.8) is 0 Å². The van der Waals surface area contributed by atoms with Crippen LogP contribution in [0.4, 0.5) is 0 Å². The first-order chi connectivity index (χ1) is 17.9. The normalized spacial score (nSPS) is 13.6. The molecular formula is C30H30O4S3. The van der Waals surface area contributed by atoms with Crippen LogP contribution in [0, 0.1) is 0 Å². The van der Waals surface area contributed by atoms with Gasteiger partial charge in [0.1, 0.15) is 0 Å². The quantitative estimate of drug-likeness (QED) is 0.203. The second-order valence-electron chi connectivity index (χ2n) is 8.92. The first kappa shape index (κ1) is 27.2. The van der Waals surface area contributed by atoms with Crippen LogP contribution < -0.4 is 0 Å². The van der Waals surface area contributed by atoms with Crippen LogP contribution in [0.25, 0.3) is 0 Å². The van der Waals surface area contributed by atoms with Crippen molar-refractivity contribution in [1.29, 1.82) is 0 Å². The Hall–Kier alpha value is -2.87. The first-order valence-electron chi connectivity index (χ1n) is 12.0. The fourth-order valence-corrected chi connectivity index (χ4v) is 10.3. The fourth-order valence-electron chi connectivity index (χ4n) is 4.25. The average molecular weight is 551 g/mol. The largest absolute Gasteiger partial charge is 0.228 e. The highest BCUT2D eigenvalue weighted by molar-refractivity contribution is 8.01. The summed E-state index contributed by atoms with van der Waals surface area (Å²) in [5.41, 5.74) is 2.91. The van der Waals surface area contributed by atoms with Crippen LogP contribution in [0.1, 0.15) is 32.8 Å². The van der Waals surface area contributed by atoms with Crippen molar-refractivity contribution in [2.24, 2.45) is 0 Å². The Balaban J connectivity index is 1.56. The summed E-state index contributed by atoms with van der Waals surface area (Å²) in [6.07, 6.45) is 0. The van der Waals surface area contributed by atoms with Crippen molar-refractivity contribution in [3.05, 3.63) is 144 Å². The lowest BCUT2D eigenvalue weighted by Crippen LogP contribution is -2.21. The average Bonchev–Trinajstić information content (AvgIpc) is 2.90. The van der Waals surface area contributed by atoms with Crippen molar-refractivity contribution < 1.29 is 16.8 Å². The molecule has 7 heteroatoms. The van der Waals surface area contributed by atoms with E-state index in [1.807, 2.05) is 121 Å². The lowest BCUT2D eigenvalue weighted by atomic mass is 10.2. The van der Waals surface area contributed by atoms with Gasteiger partial charge in [-0.25, -0.2) is 16.8 Å². The summed E-state index contributed by atoms with van der Waals surface area (Å²) in [5.74, 6) is 0.400. The molecule has 2 atom stereocenters. The molecule has 0 amide bonds. The van der Waals surface area contributed by atoms with E-state index in [1.54, 1.807) is 0 Å². The van der Waals surface area contributed by atoms with Gasteiger partial charge in [0.05, 0.1) is 22.0 Å². The molecule has 192 valence electrons. The third kappa shape index (κ3) is 7.57. The molecule has 4 nitrogen and oxygen atoms in total. The standard InChI is InChI=1S/C30H30O4S3/c31-36(32,23-25-13-5-1-6-14-25)29(27-17-9-3-10-18-27)21-35-22-30(28-19-11-4-12-20-28)37(33,34)24-26-15-7-2-8-16-26/h1-20,29-30H,21-24H2. The minimum atomic E-state index is -3.55. The van der Waals surface area contributed by atoms with Crippen LogP contribution in [0.2, 0.25) is 0 Å². The monoisotopic (exact) mass is 550 g/mol. The molecule has 2 unspecified atom stereocenters. The minimum Gasteiger partial charge on any atom is -0.228 e. The van der Waals surface area contributed by atoms with E-state index in [4.69, 9.17) is 0 Å². The van der Waals surface area contributed by atoms with Gasteiger partial charge in [-0.05, 0) is 22.3 Å². The van der Waals surface area contributed by atoms with Crippen LogP contribution >= 0.6 is 11.8 Å². The number of benzene rings is 4. The Morgan fingerprint density at radius 3 is 1.08 bits per heavy atom. The molecule has 4 rings (SSSR count). The van der Waals surface area contributed by atoms with E-state index in [2.05, 4.69) is 0 Å². The molecule has 0 bridgehead atoms. The van der Waals surface area contributed by atoms with Crippen LogP contribution in [0.3, 0.4) is 0 Å². The Morgan fingerprint density at radius 1 is 0.459 bits per heavy atom. The van der Waals surface area contributed by atoms with Gasteiger partial charge < -0.3 is 0 Å². The van der Waals surface area contributed by atoms with Crippen molar-refractivity contribution in [1.82, 2.24) is 0 Å². The molecule has 0 aliphatic rings. The SMILES string of the molecule is O=S(=O)(Cc1ccccc1)C(CSCC(c1ccccc1)S(=O)(=O)Cc1ccccc1)c1ccccc1. The molecular weight excluding hydrogens is 521 g/mol. The molecule has 0 spiro atoms. The van der Waals surface area contributed by atoms with Crippen molar-refractivity contribution in [2.45, 2.75) is 22.0 Å². The van der Waals surface area contributed by atoms with Gasteiger partial charge in [-0.15, -0.1) is 0 Å². The van der Waals surface area contributed by atoms with E-state index in [1.165, 1.54) is 11.8 Å². The van der Waals surface area contributed by atoms with E-state index in [0.717, 1.165) is 11.1 Å². The van der Waals surface area contributed by atoms with Crippen molar-refractivity contribution in [3.8, 4) is 0 Å². The third-order valence-corrected chi connectivity index (χ3v) is 11.8. The molecule has 0 aliphatic carbocycles. The summed E-state index contributed by atoms with van der Waals surface area (Å²) >= 11 is 1.38. The molecule has 0 saturated carbocycles. The van der Waals surface area contributed by atoms with Gasteiger partial charge in [-0.2, -0.15) is 11.8 Å². The summed E-state index contributed by atoms with van der Waals surface area (Å²) in [6, 6.07) is 36.7. The second kappa shape index (κ2) is 12.6. The van der Waals surface area contributed by atoms with Crippen LogP contribution in [-0.4, -0.2) is 28.3 Å². The number of hydrogen-bond donors (Lipinski definition) is 0. The fraction of sp³-hybridized carbons (Fsp3) is 0.200. The van der Waals surface area contributed by atoms with Gasteiger partial charge >= 0.3 is 0 Å². The lowest BCUT2D eigenvalue weighted by Gasteiger charge is -2.21. The zero-order chi connectivity index (χ0) is 26.1. The third-order valence-electron chi connectivity index (χ3n) is 6.17. The molecule has 0 radical (unpaired) electrons. The maximum absolute atomic E-state index is 13.6. The zero-order valence-corrected chi connectivity index (χ0v) is 22.8. The van der Waals surface area contributed by atoms with Crippen LogP contribution in [0.5, 0.6) is 0 Å². The van der Waals surface area contributed by atoms with Gasteiger partial charge in [0.2, 0.25) is 0 Å². The Labute approximate surface area is 224 Å². The van der Waals surface area contributed by atoms with Crippen LogP contribution in [-0.2, 0) is 31.2 Å². The lowest BCUT2D eigenvalue weighted by molar-refractivity contribution is 0.585. The molecule has 4 aromatic carbocycles. The van der Waals surface area contributed by atoms with Gasteiger partial charge in [-0.1, -0.05) is 121 Å². The predicted molar refractivity (Wildman–Crippen MR) is 154 cm³/mol. The first-order valence-corrected chi connectivity index (χ1v) is 16.6. The van der Waals surface area contributed by atoms with Gasteiger partial charge in [-0.3, -0.25) is 0 Å². The van der Waals surface area contributed by atoms with Gasteiger partial charge in [0, 0.05) is 11.5 Å². The number of rotatable bonds is 12. The minimum absolute atomic E-state index is 0.0671. The zero-order valence-electron chi connectivity index (χ0n) is 20.4. The van der Waals surface area contributed by atoms with E-state index >= 15 is 0 Å². The molecule has 0 aliphatic heterocycles. The summed E-state index contributed by atoms with van der Waals surface area (Å²) in [6.45, 7) is 0. The maximum Gasteiger partial charge on any atom is 0.162 e. The molecule has 4 aromatic rings. The molecule has 0 saturated heterocycles. The molecule has 0 heterocycles. The number of thioether (sulfide) groups is 1. The Kier molecular flexibility index (Phi) is 9.24. The highest BCUT2D eigenvalue weighted by Gasteiger charge is 2.31. The molecule has 0 aromatic heterocycles. The van der Waals surface area contributed by atoms with Crippen molar-refractivity contribution >= 4 is 31.4 Å². The molecule has 0 N–H and O–H groups in total. The molecule has 37 heavy (non-hydrogen) atoms. The number of hydrogen-bond acceptors (Lipinski definition) is 5. The number of sulfone groups is 2. The van der Waals surface area contributed by atoms with E-state index in [0.29, 0.717) is 11.1 Å². The summed E-state index contributed by atoms with van der Waals surface area (Å²) < 4.78 is 54.2. The Bertz CT molecular complexity index is 1340. The highest BCUT2D eigenvalue weighted by atomic mass is 32.2. The van der Waals surface area contributed by atoms with Gasteiger partial charge in [0.15, 0.2) is 19.7 Å². The topological polar surface area (TPSA) is 68.3 Å². The summed E-state index contributed by atoms with van der Waals surface area (Å²) in [7, 11) is -7.09. The highest BCUT2D eigenvalue weighted by Crippen LogP contribution is 2.34. The van der Waals surface area contributed by atoms with E-state index in [9.17, 15) is 16.8 Å². The van der Waals surface area contributed by atoms with E-state index < -0.39 is 30.2 Å². The van der Waals surface area contributed by atoms with Crippen LogP contribution in [0.15, 0.2) is 121 Å².